The van der Waals surface area contributed by atoms with Gasteiger partial charge in [0.05, 0.1) is 0 Å². The first kappa shape index (κ1) is 15.1. The number of benzene rings is 1. The Hall–Kier alpha value is 0.170. The van der Waals surface area contributed by atoms with Crippen molar-refractivity contribution in [3.8, 4) is 0 Å². The highest BCUT2D eigenvalue weighted by Gasteiger charge is 2.35. The van der Waals surface area contributed by atoms with Gasteiger partial charge in [0.2, 0.25) is 0 Å². The SMILES string of the molecule is CC1(C)CCSCC1NC1CCSc2ccc(Cl)cc21. The van der Waals surface area contributed by atoms with Gasteiger partial charge < -0.3 is 5.32 Å². The number of rotatable bonds is 2. The van der Waals surface area contributed by atoms with Crippen LogP contribution in [-0.2, 0) is 0 Å². The summed E-state index contributed by atoms with van der Waals surface area (Å²) in [6.45, 7) is 4.81. The Morgan fingerprint density at radius 3 is 2.95 bits per heavy atom. The van der Waals surface area contributed by atoms with E-state index < -0.39 is 0 Å². The van der Waals surface area contributed by atoms with Gasteiger partial charge in [-0.05, 0) is 53.5 Å². The number of hydrogen-bond acceptors (Lipinski definition) is 3. The van der Waals surface area contributed by atoms with Crippen LogP contribution in [0.2, 0.25) is 5.02 Å². The van der Waals surface area contributed by atoms with E-state index in [0.717, 1.165) is 5.02 Å². The average molecular weight is 328 g/mol. The fraction of sp³-hybridized carbons (Fsp3) is 0.625. The fourth-order valence-electron chi connectivity index (χ4n) is 2.99. The summed E-state index contributed by atoms with van der Waals surface area (Å²) in [7, 11) is 0. The number of hydrogen-bond donors (Lipinski definition) is 1. The maximum absolute atomic E-state index is 6.20. The van der Waals surface area contributed by atoms with Gasteiger partial charge in [0.15, 0.2) is 0 Å². The van der Waals surface area contributed by atoms with Gasteiger partial charge in [-0.25, -0.2) is 0 Å². The van der Waals surface area contributed by atoms with E-state index >= 15 is 0 Å². The summed E-state index contributed by atoms with van der Waals surface area (Å²) in [4.78, 5) is 1.40. The van der Waals surface area contributed by atoms with Gasteiger partial charge in [-0.1, -0.05) is 25.4 Å². The van der Waals surface area contributed by atoms with Crippen LogP contribution < -0.4 is 5.32 Å². The highest BCUT2D eigenvalue weighted by Crippen LogP contribution is 2.40. The summed E-state index contributed by atoms with van der Waals surface area (Å²) in [5.74, 6) is 3.73. The molecule has 0 aliphatic carbocycles. The van der Waals surface area contributed by atoms with E-state index in [1.165, 1.54) is 40.6 Å². The summed E-state index contributed by atoms with van der Waals surface area (Å²) in [6.07, 6.45) is 2.51. The van der Waals surface area contributed by atoms with Crippen LogP contribution in [0.5, 0.6) is 0 Å². The topological polar surface area (TPSA) is 12.0 Å². The quantitative estimate of drug-likeness (QED) is 0.821. The van der Waals surface area contributed by atoms with Crippen LogP contribution in [0.3, 0.4) is 0 Å². The van der Waals surface area contributed by atoms with Gasteiger partial charge in [-0.15, -0.1) is 11.8 Å². The minimum absolute atomic E-state index is 0.397. The van der Waals surface area contributed by atoms with Crippen molar-refractivity contribution in [2.45, 2.75) is 43.7 Å². The Kier molecular flexibility index (Phi) is 4.61. The standard InChI is InChI=1S/C16H22ClNS2/c1-16(2)6-8-19-10-15(16)18-13-5-7-20-14-4-3-11(17)9-12(13)14/h3-4,9,13,15,18H,5-8,10H2,1-2H3. The molecule has 0 saturated carbocycles. The van der Waals surface area contributed by atoms with Crippen LogP contribution in [-0.4, -0.2) is 23.3 Å². The summed E-state index contributed by atoms with van der Waals surface area (Å²) in [6, 6.07) is 7.41. The van der Waals surface area contributed by atoms with E-state index in [0.29, 0.717) is 17.5 Å². The predicted molar refractivity (Wildman–Crippen MR) is 92.2 cm³/mol. The lowest BCUT2D eigenvalue weighted by atomic mass is 9.81. The van der Waals surface area contributed by atoms with Gasteiger partial charge in [-0.3, -0.25) is 0 Å². The smallest absolute Gasteiger partial charge is 0.0410 e. The molecule has 1 fully saturated rings. The molecular formula is C16H22ClNS2. The normalized spacial score (nSPS) is 28.9. The number of halogens is 1. The third kappa shape index (κ3) is 3.16. The van der Waals surface area contributed by atoms with Gasteiger partial charge in [0.25, 0.3) is 0 Å². The monoisotopic (exact) mass is 327 g/mol. The van der Waals surface area contributed by atoms with Crippen molar-refractivity contribution in [1.29, 1.82) is 0 Å². The molecule has 1 aromatic carbocycles. The molecule has 0 aromatic heterocycles. The van der Waals surface area contributed by atoms with Crippen LogP contribution in [0.1, 0.15) is 38.3 Å². The summed E-state index contributed by atoms with van der Waals surface area (Å²) < 4.78 is 0. The third-order valence-corrected chi connectivity index (χ3v) is 6.95. The molecule has 0 amide bonds. The van der Waals surface area contributed by atoms with Gasteiger partial charge in [0, 0.05) is 27.8 Å². The minimum atomic E-state index is 0.397. The number of thioether (sulfide) groups is 2. The molecule has 2 aliphatic heterocycles. The van der Waals surface area contributed by atoms with Crippen molar-refractivity contribution in [3.63, 3.8) is 0 Å². The van der Waals surface area contributed by atoms with Gasteiger partial charge >= 0.3 is 0 Å². The fourth-order valence-corrected chi connectivity index (χ4v) is 5.90. The highest BCUT2D eigenvalue weighted by molar-refractivity contribution is 7.99. The van der Waals surface area contributed by atoms with Crippen molar-refractivity contribution in [2.75, 3.05) is 17.3 Å². The lowest BCUT2D eigenvalue weighted by Crippen LogP contribution is -2.48. The molecule has 0 bridgehead atoms. The van der Waals surface area contributed by atoms with E-state index in [1.807, 2.05) is 17.8 Å². The Bertz CT molecular complexity index is 489. The lowest BCUT2D eigenvalue weighted by Gasteiger charge is -2.42. The first-order valence-electron chi connectivity index (χ1n) is 7.32. The van der Waals surface area contributed by atoms with Crippen LogP contribution in [0.25, 0.3) is 0 Å². The van der Waals surface area contributed by atoms with E-state index in [4.69, 9.17) is 11.6 Å². The van der Waals surface area contributed by atoms with E-state index in [9.17, 15) is 0 Å². The predicted octanol–water partition coefficient (Wildman–Crippen LogP) is 5.00. The number of nitrogens with one attached hydrogen (secondary N) is 1. The highest BCUT2D eigenvalue weighted by atomic mass is 35.5. The molecule has 4 heteroatoms. The van der Waals surface area contributed by atoms with Gasteiger partial charge in [-0.2, -0.15) is 11.8 Å². The van der Waals surface area contributed by atoms with Crippen molar-refractivity contribution in [1.82, 2.24) is 5.32 Å². The second kappa shape index (κ2) is 6.12. The van der Waals surface area contributed by atoms with Crippen LogP contribution >= 0.6 is 35.1 Å². The molecule has 2 aliphatic rings. The molecular weight excluding hydrogens is 306 g/mol. The van der Waals surface area contributed by atoms with E-state index in [1.54, 1.807) is 0 Å². The molecule has 20 heavy (non-hydrogen) atoms. The van der Waals surface area contributed by atoms with Crippen molar-refractivity contribution >= 4 is 35.1 Å². The molecule has 2 unspecified atom stereocenters. The average Bonchev–Trinajstić information content (AvgIpc) is 2.41. The molecule has 1 aromatic rings. The molecule has 0 spiro atoms. The third-order valence-electron chi connectivity index (χ3n) is 4.53. The zero-order valence-electron chi connectivity index (χ0n) is 12.1. The molecule has 110 valence electrons. The van der Waals surface area contributed by atoms with Crippen molar-refractivity contribution in [2.24, 2.45) is 5.41 Å². The maximum Gasteiger partial charge on any atom is 0.0410 e. The van der Waals surface area contributed by atoms with Crippen molar-refractivity contribution < 1.29 is 0 Å². The van der Waals surface area contributed by atoms with E-state index in [2.05, 4.69) is 43.1 Å². The van der Waals surface area contributed by atoms with Crippen LogP contribution in [0, 0.1) is 5.41 Å². The molecule has 3 rings (SSSR count). The Labute approximate surface area is 135 Å². The van der Waals surface area contributed by atoms with Crippen LogP contribution in [0.4, 0.5) is 0 Å². The van der Waals surface area contributed by atoms with E-state index in [-0.39, 0.29) is 0 Å². The zero-order valence-corrected chi connectivity index (χ0v) is 14.5. The molecule has 0 radical (unpaired) electrons. The second-order valence-electron chi connectivity index (χ2n) is 6.40. The first-order valence-corrected chi connectivity index (χ1v) is 9.84. The Morgan fingerprint density at radius 2 is 2.15 bits per heavy atom. The molecule has 1 saturated heterocycles. The van der Waals surface area contributed by atoms with Gasteiger partial charge in [0.1, 0.15) is 0 Å². The molecule has 2 atom stereocenters. The molecule has 2 heterocycles. The Morgan fingerprint density at radius 1 is 1.30 bits per heavy atom. The van der Waals surface area contributed by atoms with Crippen LogP contribution in [0.15, 0.2) is 23.1 Å². The molecule has 1 N–H and O–H groups in total. The first-order chi connectivity index (χ1) is 9.56. The number of fused-ring (bicyclic) bond motifs is 1. The minimum Gasteiger partial charge on any atom is -0.306 e. The van der Waals surface area contributed by atoms with Crippen molar-refractivity contribution in [3.05, 3.63) is 28.8 Å². The maximum atomic E-state index is 6.20. The Balaban J connectivity index is 1.80. The summed E-state index contributed by atoms with van der Waals surface area (Å²) >= 11 is 10.2. The zero-order chi connectivity index (χ0) is 14.2. The second-order valence-corrected chi connectivity index (χ2v) is 9.13. The summed E-state index contributed by atoms with van der Waals surface area (Å²) in [5.41, 5.74) is 1.80. The summed E-state index contributed by atoms with van der Waals surface area (Å²) in [5, 5.41) is 4.80. The largest absolute Gasteiger partial charge is 0.306 e. The molecule has 1 nitrogen and oxygen atoms in total. The lowest BCUT2D eigenvalue weighted by molar-refractivity contribution is 0.225.